The van der Waals surface area contributed by atoms with Crippen molar-refractivity contribution >= 4 is 40.9 Å². The van der Waals surface area contributed by atoms with E-state index >= 15 is 0 Å². The number of aliphatic carboxylic acids is 1. The van der Waals surface area contributed by atoms with Gasteiger partial charge in [-0.15, -0.1) is 0 Å². The van der Waals surface area contributed by atoms with Crippen LogP contribution >= 0.6 is 11.6 Å². The summed E-state index contributed by atoms with van der Waals surface area (Å²) >= 11 is 6.44. The molecule has 4 rings (SSSR count). The zero-order valence-corrected chi connectivity index (χ0v) is 22.6. The van der Waals surface area contributed by atoms with Crippen molar-refractivity contribution in [1.82, 2.24) is 15.3 Å². The van der Waals surface area contributed by atoms with Crippen molar-refractivity contribution < 1.29 is 32.7 Å². The summed E-state index contributed by atoms with van der Waals surface area (Å²) in [4.78, 5) is 48.3. The minimum absolute atomic E-state index is 0.0529. The Morgan fingerprint density at radius 3 is 2.57 bits per heavy atom. The van der Waals surface area contributed by atoms with Gasteiger partial charge in [0.15, 0.2) is 0 Å². The van der Waals surface area contributed by atoms with Gasteiger partial charge in [0.05, 0.1) is 29.7 Å². The minimum atomic E-state index is -2.95. The molecule has 0 bridgehead atoms. The number of nitriles is 1. The van der Waals surface area contributed by atoms with Crippen molar-refractivity contribution in [2.45, 2.75) is 49.7 Å². The van der Waals surface area contributed by atoms with E-state index in [9.17, 15) is 37.9 Å². The van der Waals surface area contributed by atoms with E-state index in [4.69, 9.17) is 11.6 Å². The maximum absolute atomic E-state index is 14.4. The molecule has 3 N–H and O–H groups in total. The minimum Gasteiger partial charge on any atom is -0.481 e. The number of alkyl halides is 2. The van der Waals surface area contributed by atoms with E-state index in [1.54, 1.807) is 12.1 Å². The van der Waals surface area contributed by atoms with Crippen LogP contribution in [0.2, 0.25) is 5.02 Å². The Bertz CT molecular complexity index is 1530. The molecule has 10 nitrogen and oxygen atoms in total. The van der Waals surface area contributed by atoms with E-state index < -0.39 is 66.9 Å². The van der Waals surface area contributed by atoms with Crippen LogP contribution in [0.15, 0.2) is 61.1 Å². The second-order valence-electron chi connectivity index (χ2n) is 9.63. The fourth-order valence-electron chi connectivity index (χ4n) is 4.52. The quantitative estimate of drug-likeness (QED) is 0.292. The highest BCUT2D eigenvalue weighted by molar-refractivity contribution is 6.31. The highest BCUT2D eigenvalue weighted by atomic mass is 35.5. The maximum atomic E-state index is 14.4. The highest BCUT2D eigenvalue weighted by Crippen LogP contribution is 2.39. The Morgan fingerprint density at radius 1 is 1.19 bits per heavy atom. The molecule has 2 aromatic heterocycles. The summed E-state index contributed by atoms with van der Waals surface area (Å²) in [6, 6.07) is 7.81. The monoisotopic (exact) mass is 600 g/mol. The molecule has 1 aliphatic rings. The standard InChI is InChI=1S/C28H24ClF3N6O4/c29-21-4-2-1-3-20(21)25(26(41)36-18-11-28(31,32)12-18)38(19-10-17(30)14-34-15-19)27(42)22(5-6-24(39)40)37-23-9-16(13-33)7-8-35-23/h1-4,7-10,14-15,18,22,25H,5-6,11-12H2,(H,35,37)(H,36,41)(H,39,40). The lowest BCUT2D eigenvalue weighted by atomic mass is 9.87. The van der Waals surface area contributed by atoms with Crippen LogP contribution in [0.3, 0.4) is 0 Å². The number of pyridine rings is 2. The average Bonchev–Trinajstić information content (AvgIpc) is 2.93. The Kier molecular flexibility index (Phi) is 9.27. The Balaban J connectivity index is 1.81. The van der Waals surface area contributed by atoms with Crippen LogP contribution in [0.25, 0.3) is 0 Å². The Morgan fingerprint density at radius 2 is 1.93 bits per heavy atom. The molecule has 42 heavy (non-hydrogen) atoms. The number of carboxylic acids is 1. The molecule has 0 aliphatic heterocycles. The lowest BCUT2D eigenvalue weighted by Crippen LogP contribution is -2.55. The van der Waals surface area contributed by atoms with E-state index in [0.717, 1.165) is 23.4 Å². The lowest BCUT2D eigenvalue weighted by Gasteiger charge is -2.39. The van der Waals surface area contributed by atoms with Gasteiger partial charge in [0.2, 0.25) is 5.91 Å². The van der Waals surface area contributed by atoms with Gasteiger partial charge < -0.3 is 15.7 Å². The van der Waals surface area contributed by atoms with E-state index in [-0.39, 0.29) is 34.1 Å². The molecule has 2 unspecified atom stereocenters. The second kappa shape index (κ2) is 12.9. The predicted molar refractivity (Wildman–Crippen MR) is 145 cm³/mol. The first kappa shape index (κ1) is 30.3. The molecule has 1 fully saturated rings. The van der Waals surface area contributed by atoms with Gasteiger partial charge >= 0.3 is 5.97 Å². The third-order valence-electron chi connectivity index (χ3n) is 6.50. The number of carboxylic acid groups (broad SMARTS) is 1. The van der Waals surface area contributed by atoms with Crippen LogP contribution in [0.4, 0.5) is 24.7 Å². The van der Waals surface area contributed by atoms with Gasteiger partial charge in [-0.2, -0.15) is 5.26 Å². The van der Waals surface area contributed by atoms with Gasteiger partial charge in [-0.3, -0.25) is 24.3 Å². The summed E-state index contributed by atoms with van der Waals surface area (Å²) in [6.45, 7) is 0. The normalized spacial score (nSPS) is 15.4. The molecule has 0 radical (unpaired) electrons. The predicted octanol–water partition coefficient (Wildman–Crippen LogP) is 4.47. The topological polar surface area (TPSA) is 148 Å². The molecule has 0 saturated heterocycles. The van der Waals surface area contributed by atoms with Gasteiger partial charge in [0.1, 0.15) is 23.7 Å². The van der Waals surface area contributed by atoms with Crippen LogP contribution in [-0.2, 0) is 14.4 Å². The van der Waals surface area contributed by atoms with Crippen LogP contribution < -0.4 is 15.5 Å². The van der Waals surface area contributed by atoms with Gasteiger partial charge in [-0.25, -0.2) is 18.2 Å². The van der Waals surface area contributed by atoms with Crippen LogP contribution in [0.1, 0.15) is 42.9 Å². The summed E-state index contributed by atoms with van der Waals surface area (Å²) in [7, 11) is 0. The lowest BCUT2D eigenvalue weighted by molar-refractivity contribution is -0.137. The van der Waals surface area contributed by atoms with Gasteiger partial charge in [0, 0.05) is 48.2 Å². The number of nitrogens with one attached hydrogen (secondary N) is 2. The SMILES string of the molecule is N#Cc1ccnc(NC(CCC(=O)O)C(=O)N(c2cncc(F)c2)C(C(=O)NC2CC(F)(F)C2)c2ccccc2Cl)c1. The first-order chi connectivity index (χ1) is 20.0. The zero-order valence-electron chi connectivity index (χ0n) is 21.8. The summed E-state index contributed by atoms with van der Waals surface area (Å²) in [6.07, 6.45) is 1.31. The molecule has 2 atom stereocenters. The maximum Gasteiger partial charge on any atom is 0.303 e. The number of hydrogen-bond donors (Lipinski definition) is 3. The zero-order chi connectivity index (χ0) is 30.4. The molecule has 14 heteroatoms. The molecular weight excluding hydrogens is 577 g/mol. The number of aromatic nitrogens is 2. The fourth-order valence-corrected chi connectivity index (χ4v) is 4.76. The number of benzene rings is 1. The van der Waals surface area contributed by atoms with Gasteiger partial charge in [0.25, 0.3) is 11.8 Å². The number of anilines is 2. The first-order valence-electron chi connectivity index (χ1n) is 12.7. The summed E-state index contributed by atoms with van der Waals surface area (Å²) in [5.74, 6) is -6.73. The van der Waals surface area contributed by atoms with E-state index in [1.165, 1.54) is 30.5 Å². The van der Waals surface area contributed by atoms with Crippen molar-refractivity contribution in [2.75, 3.05) is 10.2 Å². The molecule has 0 spiro atoms. The van der Waals surface area contributed by atoms with Crippen LogP contribution in [0, 0.1) is 17.1 Å². The summed E-state index contributed by atoms with van der Waals surface area (Å²) in [5.41, 5.74) is 0.121. The number of carbonyl (C=O) groups excluding carboxylic acids is 2. The van der Waals surface area contributed by atoms with Crippen molar-refractivity contribution in [3.8, 4) is 6.07 Å². The Labute approximate surface area is 243 Å². The van der Waals surface area contributed by atoms with Crippen LogP contribution in [-0.4, -0.2) is 50.9 Å². The number of amides is 2. The number of nitrogens with zero attached hydrogens (tertiary/aromatic N) is 4. The van der Waals surface area contributed by atoms with Crippen molar-refractivity contribution in [3.63, 3.8) is 0 Å². The molecule has 1 aliphatic carbocycles. The Hall–Kier alpha value is -4.70. The summed E-state index contributed by atoms with van der Waals surface area (Å²) < 4.78 is 41.6. The molecular formula is C28H24ClF3N6O4. The number of halogens is 4. The van der Waals surface area contributed by atoms with Crippen molar-refractivity contribution in [2.24, 2.45) is 0 Å². The number of hydrogen-bond acceptors (Lipinski definition) is 7. The third-order valence-corrected chi connectivity index (χ3v) is 6.85. The fraction of sp³-hybridized carbons (Fsp3) is 0.286. The van der Waals surface area contributed by atoms with Gasteiger partial charge in [-0.1, -0.05) is 29.8 Å². The molecule has 1 saturated carbocycles. The number of rotatable bonds is 11. The largest absolute Gasteiger partial charge is 0.481 e. The molecule has 218 valence electrons. The van der Waals surface area contributed by atoms with E-state index in [0.29, 0.717) is 0 Å². The molecule has 1 aromatic carbocycles. The smallest absolute Gasteiger partial charge is 0.303 e. The summed E-state index contributed by atoms with van der Waals surface area (Å²) in [5, 5.41) is 24.0. The third kappa shape index (κ3) is 7.32. The van der Waals surface area contributed by atoms with Crippen molar-refractivity contribution in [1.29, 1.82) is 5.26 Å². The van der Waals surface area contributed by atoms with Crippen molar-refractivity contribution in [3.05, 3.63) is 83.0 Å². The molecule has 2 heterocycles. The van der Waals surface area contributed by atoms with Crippen LogP contribution in [0.5, 0.6) is 0 Å². The molecule has 2 amide bonds. The molecule has 3 aromatic rings. The second-order valence-corrected chi connectivity index (χ2v) is 10.0. The van der Waals surface area contributed by atoms with E-state index in [2.05, 4.69) is 20.6 Å². The number of carbonyl (C=O) groups is 3. The average molecular weight is 601 g/mol. The van der Waals surface area contributed by atoms with Gasteiger partial charge in [-0.05, 0) is 24.6 Å². The highest BCUT2D eigenvalue weighted by Gasteiger charge is 2.47. The first-order valence-corrected chi connectivity index (χ1v) is 13.1. The van der Waals surface area contributed by atoms with E-state index in [1.807, 2.05) is 6.07 Å².